The van der Waals surface area contributed by atoms with Crippen LogP contribution in [-0.2, 0) is 0 Å². The standard InChI is InChI=1S/C10H9ClN2O/c1-6-3-8(11)10-12-9(7(2)14)5-13(10)4-6/h3-5H,1-2H3. The van der Waals surface area contributed by atoms with Gasteiger partial charge < -0.3 is 4.40 Å². The van der Waals surface area contributed by atoms with Gasteiger partial charge in [0.2, 0.25) is 0 Å². The number of imidazole rings is 1. The van der Waals surface area contributed by atoms with E-state index in [9.17, 15) is 4.79 Å². The maximum atomic E-state index is 11.1. The lowest BCUT2D eigenvalue weighted by Gasteiger charge is -1.97. The largest absolute Gasteiger partial charge is 0.305 e. The van der Waals surface area contributed by atoms with Crippen molar-refractivity contribution in [2.75, 3.05) is 0 Å². The van der Waals surface area contributed by atoms with Crippen LogP contribution in [0.2, 0.25) is 5.02 Å². The van der Waals surface area contributed by atoms with Crippen LogP contribution in [0.1, 0.15) is 23.0 Å². The van der Waals surface area contributed by atoms with Gasteiger partial charge in [-0.3, -0.25) is 4.79 Å². The number of hydrogen-bond donors (Lipinski definition) is 0. The topological polar surface area (TPSA) is 34.4 Å². The number of rotatable bonds is 1. The monoisotopic (exact) mass is 208 g/mol. The van der Waals surface area contributed by atoms with Crippen molar-refractivity contribution in [3.05, 3.63) is 34.7 Å². The second-order valence-corrected chi connectivity index (χ2v) is 3.69. The third kappa shape index (κ3) is 1.40. The molecule has 0 unspecified atom stereocenters. The Morgan fingerprint density at radius 3 is 2.86 bits per heavy atom. The third-order valence-corrected chi connectivity index (χ3v) is 2.28. The van der Waals surface area contributed by atoms with Crippen LogP contribution in [0.25, 0.3) is 5.65 Å². The molecule has 0 saturated heterocycles. The van der Waals surface area contributed by atoms with Gasteiger partial charge in [-0.2, -0.15) is 0 Å². The molecule has 0 spiro atoms. The summed E-state index contributed by atoms with van der Waals surface area (Å²) in [6.07, 6.45) is 3.58. The predicted molar refractivity (Wildman–Crippen MR) is 54.9 cm³/mol. The smallest absolute Gasteiger partial charge is 0.179 e. The number of fused-ring (bicyclic) bond motifs is 1. The van der Waals surface area contributed by atoms with Gasteiger partial charge in [-0.05, 0) is 18.6 Å². The summed E-state index contributed by atoms with van der Waals surface area (Å²) in [5.41, 5.74) is 2.11. The van der Waals surface area contributed by atoms with Crippen LogP contribution in [-0.4, -0.2) is 15.2 Å². The van der Waals surface area contributed by atoms with Crippen molar-refractivity contribution >= 4 is 23.0 Å². The lowest BCUT2D eigenvalue weighted by atomic mass is 10.3. The zero-order valence-electron chi connectivity index (χ0n) is 7.91. The van der Waals surface area contributed by atoms with E-state index in [1.807, 2.05) is 19.2 Å². The van der Waals surface area contributed by atoms with Gasteiger partial charge in [0.05, 0.1) is 5.02 Å². The van der Waals surface area contributed by atoms with Gasteiger partial charge in [0, 0.05) is 19.3 Å². The van der Waals surface area contributed by atoms with Crippen molar-refractivity contribution < 1.29 is 4.79 Å². The highest BCUT2D eigenvalue weighted by Crippen LogP contribution is 2.18. The Labute approximate surface area is 86.3 Å². The Morgan fingerprint density at radius 2 is 2.21 bits per heavy atom. The second-order valence-electron chi connectivity index (χ2n) is 3.28. The van der Waals surface area contributed by atoms with E-state index in [1.165, 1.54) is 6.92 Å². The molecule has 4 heteroatoms. The summed E-state index contributed by atoms with van der Waals surface area (Å²) in [7, 11) is 0. The zero-order valence-corrected chi connectivity index (χ0v) is 8.67. The number of pyridine rings is 1. The van der Waals surface area contributed by atoms with Crippen molar-refractivity contribution in [3.8, 4) is 0 Å². The molecule has 3 nitrogen and oxygen atoms in total. The van der Waals surface area contributed by atoms with E-state index >= 15 is 0 Å². The minimum absolute atomic E-state index is 0.0533. The Kier molecular flexibility index (Phi) is 2.04. The van der Waals surface area contributed by atoms with Crippen molar-refractivity contribution in [1.29, 1.82) is 0 Å². The van der Waals surface area contributed by atoms with Gasteiger partial charge in [0.25, 0.3) is 0 Å². The maximum Gasteiger partial charge on any atom is 0.179 e. The lowest BCUT2D eigenvalue weighted by molar-refractivity contribution is 0.101. The van der Waals surface area contributed by atoms with Crippen LogP contribution in [0.15, 0.2) is 18.5 Å². The van der Waals surface area contributed by atoms with Gasteiger partial charge >= 0.3 is 0 Å². The van der Waals surface area contributed by atoms with Gasteiger partial charge in [0.1, 0.15) is 5.69 Å². The molecule has 2 heterocycles. The molecule has 0 bridgehead atoms. The van der Waals surface area contributed by atoms with E-state index in [1.54, 1.807) is 10.6 Å². The van der Waals surface area contributed by atoms with Gasteiger partial charge in [0.15, 0.2) is 11.4 Å². The molecular weight excluding hydrogens is 200 g/mol. The fourth-order valence-electron chi connectivity index (χ4n) is 1.36. The summed E-state index contributed by atoms with van der Waals surface area (Å²) in [6.45, 7) is 3.43. The van der Waals surface area contributed by atoms with Crippen LogP contribution in [0.3, 0.4) is 0 Å². The average molecular weight is 209 g/mol. The zero-order chi connectivity index (χ0) is 10.3. The minimum atomic E-state index is -0.0533. The van der Waals surface area contributed by atoms with Crippen molar-refractivity contribution in [2.24, 2.45) is 0 Å². The van der Waals surface area contributed by atoms with Gasteiger partial charge in [-0.1, -0.05) is 11.6 Å². The van der Waals surface area contributed by atoms with E-state index in [0.29, 0.717) is 16.4 Å². The molecule has 72 valence electrons. The highest BCUT2D eigenvalue weighted by molar-refractivity contribution is 6.33. The van der Waals surface area contributed by atoms with Crippen molar-refractivity contribution in [1.82, 2.24) is 9.38 Å². The molecule has 0 aromatic carbocycles. The van der Waals surface area contributed by atoms with Gasteiger partial charge in [-0.25, -0.2) is 4.98 Å². The molecule has 0 saturated carbocycles. The van der Waals surface area contributed by atoms with Crippen LogP contribution >= 0.6 is 11.6 Å². The number of carbonyl (C=O) groups is 1. The SMILES string of the molecule is CC(=O)c1cn2cc(C)cc(Cl)c2n1. The Balaban J connectivity index is 2.76. The molecule has 0 aliphatic carbocycles. The van der Waals surface area contributed by atoms with E-state index in [-0.39, 0.29) is 5.78 Å². The fourth-order valence-corrected chi connectivity index (χ4v) is 1.67. The number of halogens is 1. The molecule has 14 heavy (non-hydrogen) atoms. The molecule has 0 aliphatic rings. The van der Waals surface area contributed by atoms with Crippen LogP contribution in [0.5, 0.6) is 0 Å². The Bertz CT molecular complexity index is 516. The molecule has 0 aliphatic heterocycles. The summed E-state index contributed by atoms with van der Waals surface area (Å²) in [4.78, 5) is 15.2. The summed E-state index contributed by atoms with van der Waals surface area (Å²) < 4.78 is 1.77. The van der Waals surface area contributed by atoms with E-state index < -0.39 is 0 Å². The molecule has 2 rings (SSSR count). The van der Waals surface area contributed by atoms with Crippen LogP contribution in [0.4, 0.5) is 0 Å². The van der Waals surface area contributed by atoms with E-state index in [2.05, 4.69) is 4.98 Å². The number of Topliss-reactive ketones (excluding diaryl/α,β-unsaturated/α-hetero) is 1. The third-order valence-electron chi connectivity index (χ3n) is 2.00. The van der Waals surface area contributed by atoms with Crippen LogP contribution in [0, 0.1) is 6.92 Å². The first-order valence-electron chi connectivity index (χ1n) is 4.24. The average Bonchev–Trinajstić information content (AvgIpc) is 2.47. The lowest BCUT2D eigenvalue weighted by Crippen LogP contribution is -1.90. The first-order chi connectivity index (χ1) is 6.58. The van der Waals surface area contributed by atoms with Crippen LogP contribution < -0.4 is 0 Å². The molecule has 0 atom stereocenters. The number of ketones is 1. The molecule has 0 amide bonds. The van der Waals surface area contributed by atoms with Crippen molar-refractivity contribution in [3.63, 3.8) is 0 Å². The Morgan fingerprint density at radius 1 is 1.50 bits per heavy atom. The quantitative estimate of drug-likeness (QED) is 0.675. The Hall–Kier alpha value is -1.35. The summed E-state index contributed by atoms with van der Waals surface area (Å²) in [5, 5.41) is 0.567. The highest BCUT2D eigenvalue weighted by atomic mass is 35.5. The molecule has 0 N–H and O–H groups in total. The summed E-state index contributed by atoms with van der Waals surface area (Å²) >= 11 is 5.99. The fraction of sp³-hybridized carbons (Fsp3) is 0.200. The first kappa shape index (κ1) is 9.21. The maximum absolute atomic E-state index is 11.1. The predicted octanol–water partition coefficient (Wildman–Crippen LogP) is 2.50. The molecule has 2 aromatic heterocycles. The second kappa shape index (κ2) is 3.10. The molecule has 0 radical (unpaired) electrons. The number of nitrogens with zero attached hydrogens (tertiary/aromatic N) is 2. The summed E-state index contributed by atoms with van der Waals surface area (Å²) in [6, 6.07) is 1.83. The normalized spacial score (nSPS) is 10.8. The van der Waals surface area contributed by atoms with Gasteiger partial charge in [-0.15, -0.1) is 0 Å². The number of aromatic nitrogens is 2. The first-order valence-corrected chi connectivity index (χ1v) is 4.61. The highest BCUT2D eigenvalue weighted by Gasteiger charge is 2.08. The van der Waals surface area contributed by atoms with Crippen molar-refractivity contribution in [2.45, 2.75) is 13.8 Å². The molecular formula is C10H9ClN2O. The minimum Gasteiger partial charge on any atom is -0.305 e. The van der Waals surface area contributed by atoms with E-state index in [4.69, 9.17) is 11.6 Å². The molecule has 0 fully saturated rings. The van der Waals surface area contributed by atoms with E-state index in [0.717, 1.165) is 5.56 Å². The summed E-state index contributed by atoms with van der Waals surface area (Å²) in [5.74, 6) is -0.0533. The number of carbonyl (C=O) groups excluding carboxylic acids is 1. The number of hydrogen-bond acceptors (Lipinski definition) is 2. The number of aryl methyl sites for hydroxylation is 1. The molecule has 2 aromatic rings.